The van der Waals surface area contributed by atoms with Crippen molar-refractivity contribution in [1.82, 2.24) is 5.32 Å². The summed E-state index contributed by atoms with van der Waals surface area (Å²) in [5, 5.41) is 2.95. The minimum Gasteiger partial charge on any atom is -0.355 e. The molecule has 2 rings (SSSR count). The van der Waals surface area contributed by atoms with Gasteiger partial charge in [-0.25, -0.2) is 0 Å². The average Bonchev–Trinajstić information content (AvgIpc) is 2.55. The van der Waals surface area contributed by atoms with Gasteiger partial charge in [0.15, 0.2) is 0 Å². The number of hydrogen-bond acceptors (Lipinski definition) is 3. The van der Waals surface area contributed by atoms with Crippen LogP contribution < -0.4 is 5.32 Å². The lowest BCUT2D eigenvalue weighted by Crippen LogP contribution is -2.27. The molecule has 0 bridgehead atoms. The molecule has 0 spiro atoms. The number of thioether (sulfide) groups is 1. The molecule has 1 N–H and O–H groups in total. The summed E-state index contributed by atoms with van der Waals surface area (Å²) in [6.07, 6.45) is 2.00. The Bertz CT molecular complexity index is 727. The standard InChI is InChI=1S/C19H23NO2S2/c1-14-4-7-17(12-15(14)2)23-11-10-20-19(21)13-16-5-8-18(9-6-16)24(3)22/h4-9,12H,10-11,13H2,1-3H3,(H,20,21)/t24-/m1/s1. The summed E-state index contributed by atoms with van der Waals surface area (Å²) in [6, 6.07) is 13.8. The molecule has 0 heterocycles. The molecule has 128 valence electrons. The Morgan fingerprint density at radius 3 is 2.42 bits per heavy atom. The minimum atomic E-state index is -0.981. The van der Waals surface area contributed by atoms with Crippen LogP contribution in [0.15, 0.2) is 52.3 Å². The first-order valence-electron chi connectivity index (χ1n) is 7.85. The van der Waals surface area contributed by atoms with Crippen LogP contribution in [-0.4, -0.2) is 28.7 Å². The van der Waals surface area contributed by atoms with Gasteiger partial charge in [0.05, 0.1) is 6.42 Å². The van der Waals surface area contributed by atoms with Gasteiger partial charge in [-0.05, 0) is 54.8 Å². The van der Waals surface area contributed by atoms with E-state index in [2.05, 4.69) is 37.4 Å². The smallest absolute Gasteiger partial charge is 0.224 e. The molecule has 5 heteroatoms. The van der Waals surface area contributed by atoms with E-state index >= 15 is 0 Å². The van der Waals surface area contributed by atoms with Crippen LogP contribution in [0.2, 0.25) is 0 Å². The highest BCUT2D eigenvalue weighted by atomic mass is 32.2. The van der Waals surface area contributed by atoms with E-state index in [1.54, 1.807) is 18.0 Å². The second-order valence-corrected chi connectivity index (χ2v) is 8.27. The predicted molar refractivity (Wildman–Crippen MR) is 102 cm³/mol. The van der Waals surface area contributed by atoms with Gasteiger partial charge in [0.2, 0.25) is 5.91 Å². The lowest BCUT2D eigenvalue weighted by Gasteiger charge is -2.07. The number of rotatable bonds is 7. The fourth-order valence-electron chi connectivity index (χ4n) is 2.21. The lowest BCUT2D eigenvalue weighted by atomic mass is 10.1. The SMILES string of the molecule is Cc1ccc(SCCNC(=O)Cc2ccc([S@@](C)=O)cc2)cc1C. The van der Waals surface area contributed by atoms with Gasteiger partial charge in [-0.2, -0.15) is 0 Å². The van der Waals surface area contributed by atoms with Crippen molar-refractivity contribution in [3.05, 3.63) is 59.2 Å². The van der Waals surface area contributed by atoms with Crippen molar-refractivity contribution in [3.8, 4) is 0 Å². The van der Waals surface area contributed by atoms with Crippen LogP contribution in [0.1, 0.15) is 16.7 Å². The van der Waals surface area contributed by atoms with Gasteiger partial charge in [-0.15, -0.1) is 11.8 Å². The molecule has 3 nitrogen and oxygen atoms in total. The van der Waals surface area contributed by atoms with Crippen LogP contribution in [0.4, 0.5) is 0 Å². The zero-order chi connectivity index (χ0) is 17.5. The fourth-order valence-corrected chi connectivity index (χ4v) is 3.59. The van der Waals surface area contributed by atoms with Crippen LogP contribution in [0.25, 0.3) is 0 Å². The Balaban J connectivity index is 1.73. The Hall–Kier alpha value is -1.59. The lowest BCUT2D eigenvalue weighted by molar-refractivity contribution is -0.120. The van der Waals surface area contributed by atoms with Crippen LogP contribution in [-0.2, 0) is 22.0 Å². The fraction of sp³-hybridized carbons (Fsp3) is 0.316. The molecule has 2 aromatic rings. The molecule has 0 saturated heterocycles. The quantitative estimate of drug-likeness (QED) is 0.606. The van der Waals surface area contributed by atoms with Crippen LogP contribution >= 0.6 is 11.8 Å². The van der Waals surface area contributed by atoms with Gasteiger partial charge in [-0.3, -0.25) is 9.00 Å². The maximum absolute atomic E-state index is 12.0. The van der Waals surface area contributed by atoms with E-state index in [1.165, 1.54) is 16.0 Å². The molecule has 0 fully saturated rings. The summed E-state index contributed by atoms with van der Waals surface area (Å²) in [4.78, 5) is 14.0. The third-order valence-corrected chi connectivity index (χ3v) is 5.72. The van der Waals surface area contributed by atoms with E-state index < -0.39 is 10.8 Å². The van der Waals surface area contributed by atoms with Crippen molar-refractivity contribution in [2.24, 2.45) is 0 Å². The van der Waals surface area contributed by atoms with Crippen LogP contribution in [0, 0.1) is 13.8 Å². The molecular formula is C19H23NO2S2. The second-order valence-electron chi connectivity index (χ2n) is 5.72. The Labute approximate surface area is 150 Å². The Morgan fingerprint density at radius 1 is 1.08 bits per heavy atom. The zero-order valence-electron chi connectivity index (χ0n) is 14.3. The molecule has 1 atom stereocenters. The van der Waals surface area contributed by atoms with Gasteiger partial charge in [0, 0.05) is 39.1 Å². The van der Waals surface area contributed by atoms with Crippen molar-refractivity contribution in [2.45, 2.75) is 30.1 Å². The van der Waals surface area contributed by atoms with Crippen molar-refractivity contribution in [1.29, 1.82) is 0 Å². The molecule has 0 radical (unpaired) electrons. The number of amides is 1. The molecule has 0 aliphatic rings. The van der Waals surface area contributed by atoms with Gasteiger partial charge >= 0.3 is 0 Å². The first kappa shape index (κ1) is 18.7. The highest BCUT2D eigenvalue weighted by molar-refractivity contribution is 7.99. The molecule has 0 aliphatic heterocycles. The monoisotopic (exact) mass is 361 g/mol. The number of hydrogen-bond donors (Lipinski definition) is 1. The minimum absolute atomic E-state index is 0.0149. The third kappa shape index (κ3) is 5.80. The summed E-state index contributed by atoms with van der Waals surface area (Å²) >= 11 is 1.75. The van der Waals surface area contributed by atoms with Crippen LogP contribution in [0.5, 0.6) is 0 Å². The van der Waals surface area contributed by atoms with Gasteiger partial charge in [0.25, 0.3) is 0 Å². The number of carbonyl (C=O) groups is 1. The summed E-state index contributed by atoms with van der Waals surface area (Å²) < 4.78 is 11.3. The first-order valence-corrected chi connectivity index (χ1v) is 10.4. The van der Waals surface area contributed by atoms with Crippen molar-refractivity contribution < 1.29 is 9.00 Å². The Morgan fingerprint density at radius 2 is 1.79 bits per heavy atom. The average molecular weight is 362 g/mol. The van der Waals surface area contributed by atoms with E-state index in [4.69, 9.17) is 0 Å². The molecular weight excluding hydrogens is 338 g/mol. The van der Waals surface area contributed by atoms with E-state index in [-0.39, 0.29) is 5.91 Å². The van der Waals surface area contributed by atoms with E-state index in [0.29, 0.717) is 13.0 Å². The number of carbonyl (C=O) groups excluding carboxylic acids is 1. The van der Waals surface area contributed by atoms with Gasteiger partial charge in [0.1, 0.15) is 0 Å². The third-order valence-electron chi connectivity index (χ3n) is 3.79. The molecule has 1 amide bonds. The van der Waals surface area contributed by atoms with Crippen LogP contribution in [0.3, 0.4) is 0 Å². The summed E-state index contributed by atoms with van der Waals surface area (Å²) in [6.45, 7) is 4.86. The molecule has 0 saturated carbocycles. The maximum atomic E-state index is 12.0. The van der Waals surface area contributed by atoms with E-state index in [9.17, 15) is 9.00 Å². The predicted octanol–water partition coefficient (Wildman–Crippen LogP) is 3.49. The van der Waals surface area contributed by atoms with E-state index in [0.717, 1.165) is 16.2 Å². The highest BCUT2D eigenvalue weighted by Crippen LogP contribution is 2.20. The summed E-state index contributed by atoms with van der Waals surface area (Å²) in [5.74, 6) is 0.864. The topological polar surface area (TPSA) is 46.2 Å². The highest BCUT2D eigenvalue weighted by Gasteiger charge is 2.04. The van der Waals surface area contributed by atoms with Crippen molar-refractivity contribution >= 4 is 28.5 Å². The number of benzene rings is 2. The summed E-state index contributed by atoms with van der Waals surface area (Å²) in [5.41, 5.74) is 3.52. The second kappa shape index (κ2) is 9.04. The molecule has 2 aromatic carbocycles. The molecule has 0 aliphatic carbocycles. The van der Waals surface area contributed by atoms with Gasteiger partial charge in [-0.1, -0.05) is 18.2 Å². The van der Waals surface area contributed by atoms with Gasteiger partial charge < -0.3 is 5.32 Å². The molecule has 0 unspecified atom stereocenters. The summed E-state index contributed by atoms with van der Waals surface area (Å²) in [7, 11) is -0.981. The largest absolute Gasteiger partial charge is 0.355 e. The zero-order valence-corrected chi connectivity index (χ0v) is 15.9. The molecule has 24 heavy (non-hydrogen) atoms. The first-order chi connectivity index (χ1) is 11.5. The molecule has 0 aromatic heterocycles. The number of nitrogens with one attached hydrogen (secondary N) is 1. The van der Waals surface area contributed by atoms with Crippen molar-refractivity contribution in [2.75, 3.05) is 18.6 Å². The normalized spacial score (nSPS) is 12.0. The Kier molecular flexibility index (Phi) is 7.06. The maximum Gasteiger partial charge on any atom is 0.224 e. The van der Waals surface area contributed by atoms with E-state index in [1.807, 2.05) is 24.3 Å². The van der Waals surface area contributed by atoms with Crippen molar-refractivity contribution in [3.63, 3.8) is 0 Å². The number of aryl methyl sites for hydroxylation is 2.